The molecule has 5 nitrogen and oxygen atoms in total. The molecule has 1 aromatic carbocycles. The second-order valence-electron chi connectivity index (χ2n) is 8.17. The van der Waals surface area contributed by atoms with E-state index in [1.165, 1.54) is 38.5 Å². The molecule has 1 aromatic heterocycles. The molecule has 31 heavy (non-hydrogen) atoms. The molecule has 5 heteroatoms. The Hall–Kier alpha value is -2.43. The van der Waals surface area contributed by atoms with Crippen LogP contribution in [0.2, 0.25) is 0 Å². The average molecular weight is 429 g/mol. The van der Waals surface area contributed by atoms with E-state index in [1.807, 2.05) is 18.2 Å². The van der Waals surface area contributed by atoms with E-state index in [9.17, 15) is 4.79 Å². The second kappa shape index (κ2) is 13.8. The Kier molecular flexibility index (Phi) is 11.0. The Balaban J connectivity index is 2.35. The molecule has 0 aliphatic rings. The van der Waals surface area contributed by atoms with Gasteiger partial charge in [-0.25, -0.2) is 0 Å². The van der Waals surface area contributed by atoms with E-state index in [0.717, 1.165) is 36.6 Å². The Morgan fingerprint density at radius 3 is 2.32 bits per heavy atom. The first kappa shape index (κ1) is 24.8. The number of hydrogen-bond acceptors (Lipinski definition) is 4. The van der Waals surface area contributed by atoms with Crippen LogP contribution in [-0.4, -0.2) is 17.8 Å². The summed E-state index contributed by atoms with van der Waals surface area (Å²) >= 11 is 0. The number of anilines is 1. The van der Waals surface area contributed by atoms with Crippen LogP contribution in [0.3, 0.4) is 0 Å². The Morgan fingerprint density at radius 1 is 0.935 bits per heavy atom. The SMILES string of the molecule is C=CCOc1c(OCCCCCC)c2ccc(N)cc2n(CCCCCCCC)c1=O. The fraction of sp³-hybridized carbons (Fsp3) is 0.577. The van der Waals surface area contributed by atoms with E-state index in [-0.39, 0.29) is 17.9 Å². The third kappa shape index (κ3) is 7.34. The number of hydrogen-bond donors (Lipinski definition) is 1. The molecule has 2 N–H and O–H groups in total. The number of benzene rings is 1. The number of pyridine rings is 1. The first-order valence-corrected chi connectivity index (χ1v) is 12.0. The lowest BCUT2D eigenvalue weighted by Crippen LogP contribution is -2.24. The maximum Gasteiger partial charge on any atom is 0.297 e. The molecule has 1 heterocycles. The van der Waals surface area contributed by atoms with Crippen molar-refractivity contribution in [3.63, 3.8) is 0 Å². The predicted molar refractivity (Wildman–Crippen MR) is 131 cm³/mol. The van der Waals surface area contributed by atoms with Crippen LogP contribution in [0.1, 0.15) is 78.1 Å². The molecular formula is C26H40N2O3. The van der Waals surface area contributed by atoms with Crippen LogP contribution in [0.4, 0.5) is 5.69 Å². The third-order valence-electron chi connectivity index (χ3n) is 5.53. The fourth-order valence-corrected chi connectivity index (χ4v) is 3.80. The standard InChI is InChI=1S/C26H40N2O3/c1-4-7-9-11-12-13-17-28-23-20-21(27)15-16-22(23)24(31-19-14-10-8-5-2)25(26(28)29)30-18-6-3/h6,15-16,20H,3-5,7-14,17-19,27H2,1-2H3. The first-order valence-electron chi connectivity index (χ1n) is 12.0. The van der Waals surface area contributed by atoms with Crippen molar-refractivity contribution in [1.82, 2.24) is 4.57 Å². The van der Waals surface area contributed by atoms with Gasteiger partial charge in [-0.2, -0.15) is 0 Å². The van der Waals surface area contributed by atoms with Crippen LogP contribution in [0.15, 0.2) is 35.6 Å². The molecule has 0 radical (unpaired) electrons. The third-order valence-corrected chi connectivity index (χ3v) is 5.53. The average Bonchev–Trinajstić information content (AvgIpc) is 2.77. The largest absolute Gasteiger partial charge is 0.489 e. The molecule has 0 aliphatic heterocycles. The summed E-state index contributed by atoms with van der Waals surface area (Å²) in [4.78, 5) is 13.4. The van der Waals surface area contributed by atoms with Gasteiger partial charge in [0.25, 0.3) is 5.56 Å². The van der Waals surface area contributed by atoms with Crippen molar-refractivity contribution in [2.45, 2.75) is 84.6 Å². The molecule has 0 aliphatic carbocycles. The smallest absolute Gasteiger partial charge is 0.297 e. The Bertz CT molecular complexity index is 873. The van der Waals surface area contributed by atoms with Gasteiger partial charge in [0.1, 0.15) is 6.61 Å². The monoisotopic (exact) mass is 428 g/mol. The highest BCUT2D eigenvalue weighted by atomic mass is 16.5. The van der Waals surface area contributed by atoms with Crippen LogP contribution in [-0.2, 0) is 6.54 Å². The second-order valence-corrected chi connectivity index (χ2v) is 8.17. The van der Waals surface area contributed by atoms with Gasteiger partial charge >= 0.3 is 0 Å². The zero-order valence-corrected chi connectivity index (χ0v) is 19.5. The molecule has 0 saturated heterocycles. The Labute approximate surface area is 187 Å². The molecule has 172 valence electrons. The predicted octanol–water partition coefficient (Wildman–Crippen LogP) is 6.47. The summed E-state index contributed by atoms with van der Waals surface area (Å²) < 4.78 is 13.8. The van der Waals surface area contributed by atoms with Gasteiger partial charge in [0.2, 0.25) is 5.75 Å². The number of fused-ring (bicyclic) bond motifs is 1. The van der Waals surface area contributed by atoms with Gasteiger partial charge in [-0.15, -0.1) is 0 Å². The van der Waals surface area contributed by atoms with Crippen molar-refractivity contribution >= 4 is 16.6 Å². The van der Waals surface area contributed by atoms with Crippen molar-refractivity contribution in [3.8, 4) is 11.5 Å². The minimum absolute atomic E-state index is 0.155. The number of rotatable bonds is 16. The van der Waals surface area contributed by atoms with Crippen molar-refractivity contribution < 1.29 is 9.47 Å². The quantitative estimate of drug-likeness (QED) is 0.189. The lowest BCUT2D eigenvalue weighted by Gasteiger charge is -2.19. The fourth-order valence-electron chi connectivity index (χ4n) is 3.80. The number of aromatic nitrogens is 1. The molecule has 0 bridgehead atoms. The van der Waals surface area contributed by atoms with Gasteiger partial charge in [-0.1, -0.05) is 77.9 Å². The van der Waals surface area contributed by atoms with Gasteiger partial charge in [-0.3, -0.25) is 4.79 Å². The van der Waals surface area contributed by atoms with E-state index in [2.05, 4.69) is 20.4 Å². The zero-order valence-electron chi connectivity index (χ0n) is 19.5. The number of aryl methyl sites for hydroxylation is 1. The van der Waals surface area contributed by atoms with E-state index in [0.29, 0.717) is 24.6 Å². The zero-order chi connectivity index (χ0) is 22.5. The lowest BCUT2D eigenvalue weighted by molar-refractivity contribution is 0.276. The number of nitrogen functional groups attached to an aromatic ring is 1. The number of unbranched alkanes of at least 4 members (excludes halogenated alkanes) is 8. The highest BCUT2D eigenvalue weighted by Crippen LogP contribution is 2.34. The van der Waals surface area contributed by atoms with Crippen LogP contribution in [0.25, 0.3) is 10.9 Å². The van der Waals surface area contributed by atoms with Crippen molar-refractivity contribution in [3.05, 3.63) is 41.2 Å². The van der Waals surface area contributed by atoms with Crippen LogP contribution in [0, 0.1) is 0 Å². The molecule has 0 unspecified atom stereocenters. The van der Waals surface area contributed by atoms with E-state index >= 15 is 0 Å². The van der Waals surface area contributed by atoms with Crippen LogP contribution < -0.4 is 20.8 Å². The minimum Gasteiger partial charge on any atom is -0.489 e. The molecule has 0 fully saturated rings. The molecule has 2 aromatic rings. The summed E-state index contributed by atoms with van der Waals surface area (Å²) in [5, 5.41) is 0.870. The summed E-state index contributed by atoms with van der Waals surface area (Å²) in [5.41, 5.74) is 7.37. The van der Waals surface area contributed by atoms with Gasteiger partial charge in [0.15, 0.2) is 5.75 Å². The molecule has 0 saturated carbocycles. The van der Waals surface area contributed by atoms with Gasteiger partial charge < -0.3 is 19.8 Å². The van der Waals surface area contributed by atoms with Crippen LogP contribution >= 0.6 is 0 Å². The molecule has 2 rings (SSSR count). The highest BCUT2D eigenvalue weighted by molar-refractivity contribution is 5.90. The summed E-state index contributed by atoms with van der Waals surface area (Å²) in [5.74, 6) is 0.802. The van der Waals surface area contributed by atoms with Gasteiger partial charge in [0, 0.05) is 17.6 Å². The maximum atomic E-state index is 13.4. The topological polar surface area (TPSA) is 66.5 Å². The van der Waals surface area contributed by atoms with Crippen LogP contribution in [0.5, 0.6) is 11.5 Å². The Morgan fingerprint density at radius 2 is 1.61 bits per heavy atom. The van der Waals surface area contributed by atoms with Crippen molar-refractivity contribution in [1.29, 1.82) is 0 Å². The molecule has 0 atom stereocenters. The molecule has 0 spiro atoms. The summed E-state index contributed by atoms with van der Waals surface area (Å²) in [6.07, 6.45) is 13.1. The number of nitrogens with zero attached hydrogens (tertiary/aromatic N) is 1. The van der Waals surface area contributed by atoms with Gasteiger partial charge in [-0.05, 0) is 31.0 Å². The number of ether oxygens (including phenoxy) is 2. The minimum atomic E-state index is -0.155. The summed E-state index contributed by atoms with van der Waals surface area (Å²) in [7, 11) is 0. The summed E-state index contributed by atoms with van der Waals surface area (Å²) in [6.45, 7) is 9.59. The number of nitrogens with two attached hydrogens (primary N) is 1. The normalized spacial score (nSPS) is 11.0. The van der Waals surface area contributed by atoms with E-state index < -0.39 is 0 Å². The van der Waals surface area contributed by atoms with Crippen molar-refractivity contribution in [2.24, 2.45) is 0 Å². The molecular weight excluding hydrogens is 388 g/mol. The molecule has 0 amide bonds. The van der Waals surface area contributed by atoms with Gasteiger partial charge in [0.05, 0.1) is 12.1 Å². The van der Waals surface area contributed by atoms with Crippen molar-refractivity contribution in [2.75, 3.05) is 18.9 Å². The highest BCUT2D eigenvalue weighted by Gasteiger charge is 2.19. The van der Waals surface area contributed by atoms with E-state index in [1.54, 1.807) is 10.6 Å². The summed E-state index contributed by atoms with van der Waals surface area (Å²) in [6, 6.07) is 5.65. The van der Waals surface area contributed by atoms with E-state index in [4.69, 9.17) is 15.2 Å². The lowest BCUT2D eigenvalue weighted by atomic mass is 10.1. The first-order chi connectivity index (χ1) is 15.1. The maximum absolute atomic E-state index is 13.4.